The number of carbonyl (C=O) groups excluding carboxylic acids is 1. The third-order valence-electron chi connectivity index (χ3n) is 1.86. The molecule has 0 aromatic heterocycles. The average Bonchev–Trinajstić information content (AvgIpc) is 2.41. The minimum Gasteiger partial charge on any atom is -0.547 e. The number of rotatable bonds is 3. The lowest BCUT2D eigenvalue weighted by molar-refractivity contribution is -0.597. The van der Waals surface area contributed by atoms with Gasteiger partial charge in [0.25, 0.3) is 0 Å². The monoisotopic (exact) mass is 408 g/mol. The number of benzene rings is 2. The van der Waals surface area contributed by atoms with Gasteiger partial charge in [-0.1, -0.05) is 59.6 Å². The molecular formula is C14H11Cl2IO2. The Morgan fingerprint density at radius 3 is 1.47 bits per heavy atom. The van der Waals surface area contributed by atoms with Gasteiger partial charge in [0.1, 0.15) is 4.84 Å². The number of alkyl halides is 2. The van der Waals surface area contributed by atoms with E-state index in [0.717, 1.165) is 0 Å². The summed E-state index contributed by atoms with van der Waals surface area (Å²) >= 11 is 9.46. The maximum Gasteiger partial charge on any atom is 0.357 e. The molecule has 100 valence electrons. The Morgan fingerprint density at radius 1 is 0.895 bits per heavy atom. The lowest BCUT2D eigenvalue weighted by Crippen LogP contribution is -3.61. The number of carboxylic acids is 1. The van der Waals surface area contributed by atoms with Crippen molar-refractivity contribution < 1.29 is 31.1 Å². The van der Waals surface area contributed by atoms with E-state index < -0.39 is 10.8 Å². The van der Waals surface area contributed by atoms with Crippen LogP contribution >= 0.6 is 23.2 Å². The Hall–Kier alpha value is -0.780. The highest BCUT2D eigenvalue weighted by Gasteiger charge is 2.12. The van der Waals surface area contributed by atoms with E-state index in [0.29, 0.717) is 0 Å². The molecule has 2 nitrogen and oxygen atoms in total. The summed E-state index contributed by atoms with van der Waals surface area (Å²) in [5, 5.41) is 9.32. The number of carboxylic acid groups (broad SMARTS) is 1. The number of aliphatic carboxylic acids is 1. The highest BCUT2D eigenvalue weighted by Crippen LogP contribution is 1.96. The zero-order chi connectivity index (χ0) is 14.1. The molecule has 0 saturated carbocycles. The SMILES string of the molecule is O=C([O-])C(Cl)Cl.c1ccc([I+]c2ccccc2)cc1. The van der Waals surface area contributed by atoms with Crippen molar-refractivity contribution in [2.75, 3.05) is 0 Å². The van der Waals surface area contributed by atoms with Gasteiger partial charge >= 0.3 is 21.2 Å². The van der Waals surface area contributed by atoms with Gasteiger partial charge in [0.15, 0.2) is 7.14 Å². The van der Waals surface area contributed by atoms with Crippen LogP contribution in [0.5, 0.6) is 0 Å². The van der Waals surface area contributed by atoms with Crippen LogP contribution in [0.15, 0.2) is 60.7 Å². The molecule has 0 aliphatic heterocycles. The van der Waals surface area contributed by atoms with Gasteiger partial charge in [-0.05, 0) is 24.3 Å². The first-order valence-electron chi connectivity index (χ1n) is 5.33. The Morgan fingerprint density at radius 2 is 1.21 bits per heavy atom. The maximum atomic E-state index is 9.32. The van der Waals surface area contributed by atoms with Gasteiger partial charge in [-0.3, -0.25) is 0 Å². The minimum absolute atomic E-state index is 0.0287. The first kappa shape index (κ1) is 16.3. The predicted octanol–water partition coefficient (Wildman–Crippen LogP) is -0.645. The Bertz CT molecular complexity index is 452. The van der Waals surface area contributed by atoms with Gasteiger partial charge in [-0.15, -0.1) is 0 Å². The quantitative estimate of drug-likeness (QED) is 0.500. The van der Waals surface area contributed by atoms with E-state index in [1.807, 2.05) is 0 Å². The molecule has 2 aromatic rings. The van der Waals surface area contributed by atoms with Crippen LogP contribution in [-0.4, -0.2) is 10.8 Å². The molecule has 0 spiro atoms. The molecule has 0 fully saturated rings. The molecule has 0 radical (unpaired) electrons. The number of hydrogen-bond acceptors (Lipinski definition) is 2. The van der Waals surface area contributed by atoms with E-state index in [1.165, 1.54) is 7.14 Å². The topological polar surface area (TPSA) is 40.1 Å². The Kier molecular flexibility index (Phi) is 7.86. The summed E-state index contributed by atoms with van der Waals surface area (Å²) in [6.07, 6.45) is 0. The Labute approximate surface area is 132 Å². The standard InChI is InChI=1S/C12H10I.C2H2Cl2O2/c1-3-7-11(8-4-1)13-12-9-5-2-6-10-12;3-1(4)2(5)6/h1-10H;1H,(H,5,6)/q+1;/p-1. The third-order valence-corrected chi connectivity index (χ3v) is 4.90. The summed E-state index contributed by atoms with van der Waals surface area (Å²) < 4.78 is 2.96. The van der Waals surface area contributed by atoms with Crippen LogP contribution in [0.4, 0.5) is 0 Å². The molecule has 2 aromatic carbocycles. The van der Waals surface area contributed by atoms with Gasteiger partial charge in [0.05, 0.1) is 5.97 Å². The van der Waals surface area contributed by atoms with Gasteiger partial charge < -0.3 is 9.90 Å². The van der Waals surface area contributed by atoms with Crippen molar-refractivity contribution in [1.29, 1.82) is 0 Å². The first-order chi connectivity index (χ1) is 9.09. The molecular weight excluding hydrogens is 398 g/mol. The van der Waals surface area contributed by atoms with Crippen LogP contribution in [0.2, 0.25) is 0 Å². The number of carbonyl (C=O) groups is 1. The summed E-state index contributed by atoms with van der Waals surface area (Å²) in [4.78, 5) is 7.93. The van der Waals surface area contributed by atoms with Crippen LogP contribution in [0.3, 0.4) is 0 Å². The lowest BCUT2D eigenvalue weighted by atomic mass is 10.4. The molecule has 0 atom stereocenters. The molecule has 0 N–H and O–H groups in total. The van der Waals surface area contributed by atoms with E-state index in [-0.39, 0.29) is 21.2 Å². The second-order valence-electron chi connectivity index (χ2n) is 3.31. The summed E-state index contributed by atoms with van der Waals surface area (Å²) in [5.74, 6) is -1.46. The largest absolute Gasteiger partial charge is 0.547 e. The number of hydrogen-bond donors (Lipinski definition) is 0. The molecule has 0 heterocycles. The summed E-state index contributed by atoms with van der Waals surface area (Å²) in [5.41, 5.74) is 0. The second-order valence-corrected chi connectivity index (χ2v) is 7.43. The van der Waals surface area contributed by atoms with E-state index >= 15 is 0 Å². The second kappa shape index (κ2) is 9.18. The molecule has 0 unspecified atom stereocenters. The van der Waals surface area contributed by atoms with Crippen molar-refractivity contribution in [3.63, 3.8) is 0 Å². The average molecular weight is 409 g/mol. The highest BCUT2D eigenvalue weighted by atomic mass is 127. The molecule has 19 heavy (non-hydrogen) atoms. The smallest absolute Gasteiger partial charge is 0.357 e. The molecule has 0 bridgehead atoms. The van der Waals surface area contributed by atoms with Gasteiger partial charge in [0.2, 0.25) is 0 Å². The molecule has 0 aliphatic rings. The van der Waals surface area contributed by atoms with Crippen LogP contribution in [0, 0.1) is 7.14 Å². The van der Waals surface area contributed by atoms with Crippen LogP contribution in [-0.2, 0) is 4.79 Å². The van der Waals surface area contributed by atoms with Gasteiger partial charge in [-0.25, -0.2) is 0 Å². The Balaban J connectivity index is 0.000000258. The first-order valence-corrected chi connectivity index (χ1v) is 8.36. The molecule has 0 aliphatic carbocycles. The zero-order valence-electron chi connectivity index (χ0n) is 9.80. The lowest BCUT2D eigenvalue weighted by Gasteiger charge is -1.96. The molecule has 5 heteroatoms. The van der Waals surface area contributed by atoms with E-state index in [2.05, 4.69) is 60.7 Å². The van der Waals surface area contributed by atoms with Crippen molar-refractivity contribution in [3.05, 3.63) is 67.8 Å². The fourth-order valence-corrected chi connectivity index (χ4v) is 3.35. The fraction of sp³-hybridized carbons (Fsp3) is 0.0714. The van der Waals surface area contributed by atoms with Crippen molar-refractivity contribution >= 4 is 29.2 Å². The molecule has 0 amide bonds. The third kappa shape index (κ3) is 7.40. The van der Waals surface area contributed by atoms with Crippen molar-refractivity contribution in [1.82, 2.24) is 0 Å². The van der Waals surface area contributed by atoms with Crippen LogP contribution in [0.25, 0.3) is 0 Å². The predicted molar refractivity (Wildman–Crippen MR) is 70.8 cm³/mol. The number of halogens is 3. The van der Waals surface area contributed by atoms with Crippen LogP contribution < -0.4 is 26.3 Å². The summed E-state index contributed by atoms with van der Waals surface area (Å²) in [6.45, 7) is 0. The van der Waals surface area contributed by atoms with Gasteiger partial charge in [0, 0.05) is 0 Å². The highest BCUT2D eigenvalue weighted by molar-refractivity contribution is 6.52. The van der Waals surface area contributed by atoms with E-state index in [4.69, 9.17) is 23.2 Å². The zero-order valence-corrected chi connectivity index (χ0v) is 13.5. The fourth-order valence-electron chi connectivity index (χ4n) is 1.08. The molecule has 0 saturated heterocycles. The van der Waals surface area contributed by atoms with Crippen LogP contribution in [0.1, 0.15) is 0 Å². The van der Waals surface area contributed by atoms with Gasteiger partial charge in [-0.2, -0.15) is 0 Å². The van der Waals surface area contributed by atoms with Crippen molar-refractivity contribution in [3.8, 4) is 0 Å². The maximum absolute atomic E-state index is 9.32. The summed E-state index contributed by atoms with van der Waals surface area (Å²) in [7, 11) is 0. The van der Waals surface area contributed by atoms with Crippen molar-refractivity contribution in [2.45, 2.75) is 4.84 Å². The minimum atomic E-state index is -1.46. The van der Waals surface area contributed by atoms with E-state index in [1.54, 1.807) is 0 Å². The van der Waals surface area contributed by atoms with E-state index in [9.17, 15) is 9.90 Å². The summed E-state index contributed by atoms with van der Waals surface area (Å²) in [6, 6.07) is 21.4. The van der Waals surface area contributed by atoms with Crippen molar-refractivity contribution in [2.24, 2.45) is 0 Å². The molecule has 2 rings (SSSR count). The normalized spacial score (nSPS) is 9.63.